The van der Waals surface area contributed by atoms with Crippen molar-refractivity contribution in [1.82, 2.24) is 4.90 Å². The summed E-state index contributed by atoms with van der Waals surface area (Å²) in [6.07, 6.45) is 0. The van der Waals surface area contributed by atoms with Crippen LogP contribution in [0.15, 0.2) is 29.2 Å². The first-order valence-corrected chi connectivity index (χ1v) is 9.87. The van der Waals surface area contributed by atoms with Crippen molar-refractivity contribution in [2.24, 2.45) is 5.92 Å². The first-order chi connectivity index (χ1) is 11.0. The zero-order valence-corrected chi connectivity index (χ0v) is 15.4. The predicted octanol–water partition coefficient (Wildman–Crippen LogP) is 4.30. The van der Waals surface area contributed by atoms with Crippen LogP contribution in [0.3, 0.4) is 0 Å². The van der Waals surface area contributed by atoms with E-state index in [-0.39, 0.29) is 18.0 Å². The number of benzene rings is 1. The van der Waals surface area contributed by atoms with Crippen LogP contribution in [0, 0.1) is 17.2 Å². The summed E-state index contributed by atoms with van der Waals surface area (Å²) >= 11 is 3.52. The molecule has 124 valence electrons. The lowest BCUT2D eigenvalue weighted by Crippen LogP contribution is -2.49. The third-order valence-electron chi connectivity index (χ3n) is 3.98. The molecule has 1 aliphatic heterocycles. The summed E-state index contributed by atoms with van der Waals surface area (Å²) in [6.45, 7) is 6.96. The molecular formula is C17H23N3OS2. The van der Waals surface area contributed by atoms with Crippen molar-refractivity contribution in [2.75, 3.05) is 23.4 Å². The molecule has 1 aromatic rings. The van der Waals surface area contributed by atoms with Gasteiger partial charge in [0.15, 0.2) is 0 Å². The van der Waals surface area contributed by atoms with Gasteiger partial charge in [0.25, 0.3) is 0 Å². The van der Waals surface area contributed by atoms with Gasteiger partial charge in [-0.2, -0.15) is 17.0 Å². The molecule has 1 saturated heterocycles. The Morgan fingerprint density at radius 3 is 3.00 bits per heavy atom. The number of nitrogens with zero attached hydrogens (tertiary/aromatic N) is 2. The summed E-state index contributed by atoms with van der Waals surface area (Å²) in [5, 5.41) is 12.4. The van der Waals surface area contributed by atoms with E-state index in [4.69, 9.17) is 5.26 Å². The monoisotopic (exact) mass is 349 g/mol. The molecule has 23 heavy (non-hydrogen) atoms. The standard InChI is InChI=1S/C17H23N3OS2/c1-12(10-18)11-23-16-7-5-4-6-15(16)19-17(21)20-8-9-22-14(3)13(20)2/h4-7,12-14H,8-9,11H2,1-3H3,(H,19,21)/t12-,13-,14-/m1/s1. The van der Waals surface area contributed by atoms with Crippen LogP contribution in [-0.4, -0.2) is 40.3 Å². The fourth-order valence-corrected chi connectivity index (χ4v) is 4.41. The number of carbonyl (C=O) groups excluding carboxylic acids is 1. The Balaban J connectivity index is 2.04. The number of nitriles is 1. The highest BCUT2D eigenvalue weighted by Gasteiger charge is 2.29. The third kappa shape index (κ3) is 4.82. The van der Waals surface area contributed by atoms with Crippen molar-refractivity contribution in [3.8, 4) is 6.07 Å². The molecule has 3 atom stereocenters. The molecule has 0 unspecified atom stereocenters. The number of thioether (sulfide) groups is 2. The minimum absolute atomic E-state index is 0.0104. The highest BCUT2D eigenvalue weighted by atomic mass is 32.2. The Hall–Kier alpha value is -1.32. The van der Waals surface area contributed by atoms with Crippen molar-refractivity contribution >= 4 is 35.2 Å². The molecule has 6 heteroatoms. The summed E-state index contributed by atoms with van der Waals surface area (Å²) < 4.78 is 0. The van der Waals surface area contributed by atoms with Crippen molar-refractivity contribution in [1.29, 1.82) is 5.26 Å². The van der Waals surface area contributed by atoms with E-state index < -0.39 is 0 Å². The first kappa shape index (κ1) is 18.0. The summed E-state index contributed by atoms with van der Waals surface area (Å²) in [4.78, 5) is 15.5. The number of para-hydroxylation sites is 1. The lowest BCUT2D eigenvalue weighted by Gasteiger charge is -2.37. The molecule has 0 bridgehead atoms. The molecule has 0 aliphatic carbocycles. The van der Waals surface area contributed by atoms with E-state index in [9.17, 15) is 4.79 Å². The van der Waals surface area contributed by atoms with Crippen LogP contribution >= 0.6 is 23.5 Å². The zero-order chi connectivity index (χ0) is 16.8. The first-order valence-electron chi connectivity index (χ1n) is 7.83. The molecule has 1 aliphatic rings. The normalized spacial score (nSPS) is 22.3. The van der Waals surface area contributed by atoms with Crippen LogP contribution in [0.2, 0.25) is 0 Å². The fraction of sp³-hybridized carbons (Fsp3) is 0.529. The van der Waals surface area contributed by atoms with Crippen molar-refractivity contribution in [3.63, 3.8) is 0 Å². The van der Waals surface area contributed by atoms with E-state index in [1.807, 2.05) is 47.9 Å². The van der Waals surface area contributed by atoms with Crippen LogP contribution in [0.4, 0.5) is 10.5 Å². The molecule has 1 fully saturated rings. The Bertz CT molecular complexity index is 587. The van der Waals surface area contributed by atoms with Gasteiger partial charge >= 0.3 is 6.03 Å². The maximum absolute atomic E-state index is 12.6. The Labute approximate surface area is 147 Å². The molecule has 2 amide bonds. The van der Waals surface area contributed by atoms with Gasteiger partial charge in [0.1, 0.15) is 0 Å². The predicted molar refractivity (Wildman–Crippen MR) is 99.0 cm³/mol. The average molecular weight is 350 g/mol. The van der Waals surface area contributed by atoms with E-state index in [1.54, 1.807) is 11.8 Å². The number of amides is 2. The van der Waals surface area contributed by atoms with Gasteiger partial charge in [-0.3, -0.25) is 0 Å². The second kappa shape index (κ2) is 8.51. The molecule has 4 nitrogen and oxygen atoms in total. The summed E-state index contributed by atoms with van der Waals surface area (Å²) in [5.41, 5.74) is 0.825. The largest absolute Gasteiger partial charge is 0.322 e. The Morgan fingerprint density at radius 2 is 2.26 bits per heavy atom. The van der Waals surface area contributed by atoms with E-state index in [0.717, 1.165) is 28.6 Å². The van der Waals surface area contributed by atoms with E-state index in [1.165, 1.54) is 0 Å². The summed E-state index contributed by atoms with van der Waals surface area (Å²) in [6, 6.07) is 10.2. The fourth-order valence-electron chi connectivity index (χ4n) is 2.35. The van der Waals surface area contributed by atoms with Gasteiger partial charge in [-0.15, -0.1) is 11.8 Å². The average Bonchev–Trinajstić information content (AvgIpc) is 2.56. The SMILES string of the molecule is C[C@H](C#N)CSc1ccccc1NC(=O)N1CCS[C@H](C)[C@H]1C. The minimum atomic E-state index is -0.0361. The molecule has 0 saturated carbocycles. The molecule has 2 rings (SSSR count). The van der Waals surface area contributed by atoms with Gasteiger partial charge < -0.3 is 10.2 Å². The van der Waals surface area contributed by atoms with Crippen LogP contribution in [-0.2, 0) is 0 Å². The third-order valence-corrected chi connectivity index (χ3v) is 6.65. The van der Waals surface area contributed by atoms with Gasteiger partial charge in [-0.1, -0.05) is 19.1 Å². The van der Waals surface area contributed by atoms with Gasteiger partial charge in [0.2, 0.25) is 0 Å². The molecule has 0 radical (unpaired) electrons. The van der Waals surface area contributed by atoms with Gasteiger partial charge in [0.05, 0.1) is 17.7 Å². The van der Waals surface area contributed by atoms with Crippen molar-refractivity contribution in [3.05, 3.63) is 24.3 Å². The minimum Gasteiger partial charge on any atom is -0.320 e. The van der Waals surface area contributed by atoms with Gasteiger partial charge in [-0.25, -0.2) is 4.79 Å². The van der Waals surface area contributed by atoms with E-state index >= 15 is 0 Å². The molecule has 1 heterocycles. The van der Waals surface area contributed by atoms with Crippen LogP contribution in [0.1, 0.15) is 20.8 Å². The Morgan fingerprint density at radius 1 is 1.52 bits per heavy atom. The van der Waals surface area contributed by atoms with Crippen LogP contribution in [0.5, 0.6) is 0 Å². The van der Waals surface area contributed by atoms with E-state index in [2.05, 4.69) is 25.2 Å². The van der Waals surface area contributed by atoms with Crippen molar-refractivity contribution in [2.45, 2.75) is 37.0 Å². The number of anilines is 1. The number of urea groups is 1. The summed E-state index contributed by atoms with van der Waals surface area (Å²) in [7, 11) is 0. The number of carbonyl (C=O) groups is 1. The zero-order valence-electron chi connectivity index (χ0n) is 13.8. The lowest BCUT2D eigenvalue weighted by molar-refractivity contribution is 0.194. The molecule has 1 N–H and O–H groups in total. The van der Waals surface area contributed by atoms with Crippen LogP contribution in [0.25, 0.3) is 0 Å². The summed E-state index contributed by atoms with van der Waals surface area (Å²) in [5.74, 6) is 1.69. The lowest BCUT2D eigenvalue weighted by atomic mass is 10.2. The second-order valence-electron chi connectivity index (χ2n) is 5.78. The molecule has 0 spiro atoms. The van der Waals surface area contributed by atoms with Crippen molar-refractivity contribution < 1.29 is 4.79 Å². The maximum atomic E-state index is 12.6. The quantitative estimate of drug-likeness (QED) is 0.824. The number of hydrogen-bond acceptors (Lipinski definition) is 4. The topological polar surface area (TPSA) is 56.1 Å². The maximum Gasteiger partial charge on any atom is 0.322 e. The number of nitrogens with one attached hydrogen (secondary N) is 1. The number of hydrogen-bond donors (Lipinski definition) is 1. The smallest absolute Gasteiger partial charge is 0.320 e. The van der Waals surface area contributed by atoms with Gasteiger partial charge in [0, 0.05) is 34.2 Å². The van der Waals surface area contributed by atoms with E-state index in [0.29, 0.717) is 5.25 Å². The van der Waals surface area contributed by atoms with Crippen LogP contribution < -0.4 is 5.32 Å². The molecule has 1 aromatic carbocycles. The highest BCUT2D eigenvalue weighted by molar-refractivity contribution is 8.00. The molecule has 0 aromatic heterocycles. The van der Waals surface area contributed by atoms with Gasteiger partial charge in [-0.05, 0) is 26.0 Å². The Kier molecular flexibility index (Phi) is 6.67. The highest BCUT2D eigenvalue weighted by Crippen LogP contribution is 2.30. The molecular weight excluding hydrogens is 326 g/mol. The number of rotatable bonds is 4. The second-order valence-corrected chi connectivity index (χ2v) is 8.32.